The van der Waals surface area contributed by atoms with Crippen LogP contribution in [-0.2, 0) is 22.6 Å². The number of benzene rings is 2. The molecule has 3 aromatic rings. The SMILES string of the molecule is Cc1ccc(Nc2nc(N)nc(COC(=O)Cc3ccccc3F)n2)cc1. The number of hydrogen-bond donors (Lipinski definition) is 2. The van der Waals surface area contributed by atoms with Crippen LogP contribution < -0.4 is 11.1 Å². The number of esters is 1. The predicted octanol–water partition coefficient (Wildman–Crippen LogP) is 2.93. The van der Waals surface area contributed by atoms with Gasteiger partial charge in [0, 0.05) is 5.69 Å². The van der Waals surface area contributed by atoms with Crippen LogP contribution in [0.4, 0.5) is 22.0 Å². The highest BCUT2D eigenvalue weighted by Crippen LogP contribution is 2.15. The molecule has 2 aromatic carbocycles. The molecule has 1 heterocycles. The molecule has 138 valence electrons. The van der Waals surface area contributed by atoms with Crippen LogP contribution in [0.1, 0.15) is 17.0 Å². The van der Waals surface area contributed by atoms with Crippen LogP contribution in [0.15, 0.2) is 48.5 Å². The minimum atomic E-state index is -0.591. The zero-order chi connectivity index (χ0) is 19.2. The van der Waals surface area contributed by atoms with Crippen LogP contribution >= 0.6 is 0 Å². The Hall–Kier alpha value is -3.55. The topological polar surface area (TPSA) is 103 Å². The van der Waals surface area contributed by atoms with Crippen molar-refractivity contribution in [1.82, 2.24) is 15.0 Å². The summed E-state index contributed by atoms with van der Waals surface area (Å²) in [5.74, 6) is -0.610. The molecule has 0 amide bonds. The standard InChI is InChI=1S/C19H18FN5O2/c1-12-6-8-14(9-7-12)22-19-24-16(23-18(21)25-19)11-27-17(26)10-13-4-2-3-5-15(13)20/h2-9H,10-11H2,1H3,(H3,21,22,23,24,25). The van der Waals surface area contributed by atoms with Crippen LogP contribution in [0, 0.1) is 12.7 Å². The predicted molar refractivity (Wildman–Crippen MR) is 98.6 cm³/mol. The van der Waals surface area contributed by atoms with Gasteiger partial charge in [-0.25, -0.2) is 4.39 Å². The number of carbonyl (C=O) groups excluding carboxylic acids is 1. The van der Waals surface area contributed by atoms with Gasteiger partial charge in [-0.1, -0.05) is 35.9 Å². The summed E-state index contributed by atoms with van der Waals surface area (Å²) in [5.41, 5.74) is 7.87. The summed E-state index contributed by atoms with van der Waals surface area (Å²) < 4.78 is 18.7. The Morgan fingerprint density at radius 3 is 2.59 bits per heavy atom. The maximum atomic E-state index is 13.6. The Morgan fingerprint density at radius 2 is 1.85 bits per heavy atom. The number of hydrogen-bond acceptors (Lipinski definition) is 7. The van der Waals surface area contributed by atoms with Crippen molar-refractivity contribution >= 4 is 23.6 Å². The third-order valence-electron chi connectivity index (χ3n) is 3.66. The van der Waals surface area contributed by atoms with Crippen LogP contribution in [0.2, 0.25) is 0 Å². The van der Waals surface area contributed by atoms with Gasteiger partial charge in [0.05, 0.1) is 6.42 Å². The Labute approximate surface area is 155 Å². The number of anilines is 3. The fraction of sp³-hybridized carbons (Fsp3) is 0.158. The highest BCUT2D eigenvalue weighted by Gasteiger charge is 2.11. The van der Waals surface area contributed by atoms with E-state index in [1.54, 1.807) is 12.1 Å². The first-order valence-corrected chi connectivity index (χ1v) is 8.23. The third-order valence-corrected chi connectivity index (χ3v) is 3.66. The van der Waals surface area contributed by atoms with E-state index in [9.17, 15) is 9.18 Å². The van der Waals surface area contributed by atoms with Gasteiger partial charge in [0.15, 0.2) is 12.4 Å². The van der Waals surface area contributed by atoms with E-state index in [0.29, 0.717) is 0 Å². The fourth-order valence-corrected chi connectivity index (χ4v) is 2.32. The Kier molecular flexibility index (Phi) is 5.55. The lowest BCUT2D eigenvalue weighted by Gasteiger charge is -2.08. The first-order valence-electron chi connectivity index (χ1n) is 8.23. The first kappa shape index (κ1) is 18.2. The number of nitrogen functional groups attached to an aromatic ring is 1. The summed E-state index contributed by atoms with van der Waals surface area (Å²) in [7, 11) is 0. The van der Waals surface area contributed by atoms with E-state index in [-0.39, 0.29) is 36.3 Å². The molecule has 0 radical (unpaired) electrons. The fourth-order valence-electron chi connectivity index (χ4n) is 2.32. The summed E-state index contributed by atoms with van der Waals surface area (Å²) in [4.78, 5) is 24.1. The Balaban J connectivity index is 1.63. The van der Waals surface area contributed by atoms with Crippen molar-refractivity contribution in [1.29, 1.82) is 0 Å². The maximum absolute atomic E-state index is 13.6. The number of nitrogens with two attached hydrogens (primary N) is 1. The van der Waals surface area contributed by atoms with E-state index >= 15 is 0 Å². The Bertz CT molecular complexity index is 947. The van der Waals surface area contributed by atoms with E-state index < -0.39 is 11.8 Å². The average molecular weight is 367 g/mol. The molecular weight excluding hydrogens is 349 g/mol. The van der Waals surface area contributed by atoms with Crippen molar-refractivity contribution in [2.45, 2.75) is 20.0 Å². The zero-order valence-electron chi connectivity index (χ0n) is 14.6. The van der Waals surface area contributed by atoms with E-state index in [1.807, 2.05) is 31.2 Å². The summed E-state index contributed by atoms with van der Waals surface area (Å²) in [6.45, 7) is 1.79. The third kappa shape index (κ3) is 5.21. The largest absolute Gasteiger partial charge is 0.457 e. The number of aromatic nitrogens is 3. The molecule has 7 nitrogen and oxygen atoms in total. The minimum absolute atomic E-state index is 0.000218. The molecule has 0 saturated carbocycles. The summed E-state index contributed by atoms with van der Waals surface area (Å²) in [6.07, 6.45) is -0.179. The minimum Gasteiger partial charge on any atom is -0.457 e. The molecule has 0 saturated heterocycles. The number of ether oxygens (including phenoxy) is 1. The average Bonchev–Trinajstić information content (AvgIpc) is 2.63. The van der Waals surface area contributed by atoms with Gasteiger partial charge in [0.2, 0.25) is 11.9 Å². The van der Waals surface area contributed by atoms with E-state index in [1.165, 1.54) is 12.1 Å². The van der Waals surface area contributed by atoms with Gasteiger partial charge in [-0.05, 0) is 30.7 Å². The van der Waals surface area contributed by atoms with Gasteiger partial charge in [-0.3, -0.25) is 4.79 Å². The highest BCUT2D eigenvalue weighted by molar-refractivity contribution is 5.72. The van der Waals surface area contributed by atoms with Gasteiger partial charge in [0.1, 0.15) is 5.82 Å². The van der Waals surface area contributed by atoms with E-state index in [0.717, 1.165) is 11.3 Å². The molecule has 3 rings (SSSR count). The van der Waals surface area contributed by atoms with Crippen molar-refractivity contribution in [3.63, 3.8) is 0 Å². The Morgan fingerprint density at radius 1 is 1.11 bits per heavy atom. The van der Waals surface area contributed by atoms with Gasteiger partial charge in [-0.2, -0.15) is 15.0 Å². The zero-order valence-corrected chi connectivity index (χ0v) is 14.6. The van der Waals surface area contributed by atoms with Gasteiger partial charge in [-0.15, -0.1) is 0 Å². The lowest BCUT2D eigenvalue weighted by Crippen LogP contribution is -2.13. The molecule has 1 aromatic heterocycles. The normalized spacial score (nSPS) is 10.4. The van der Waals surface area contributed by atoms with Crippen molar-refractivity contribution in [2.75, 3.05) is 11.1 Å². The summed E-state index contributed by atoms with van der Waals surface area (Å²) in [6, 6.07) is 13.7. The lowest BCUT2D eigenvalue weighted by molar-refractivity contribution is -0.144. The van der Waals surface area contributed by atoms with Crippen LogP contribution in [0.5, 0.6) is 0 Å². The quantitative estimate of drug-likeness (QED) is 0.646. The monoisotopic (exact) mass is 367 g/mol. The van der Waals surface area contributed by atoms with Gasteiger partial charge < -0.3 is 15.8 Å². The second-order valence-electron chi connectivity index (χ2n) is 5.85. The van der Waals surface area contributed by atoms with Crippen molar-refractivity contribution < 1.29 is 13.9 Å². The van der Waals surface area contributed by atoms with Crippen molar-refractivity contribution in [2.24, 2.45) is 0 Å². The molecule has 0 aliphatic heterocycles. The molecule has 0 aliphatic carbocycles. The molecule has 0 aliphatic rings. The molecule has 0 bridgehead atoms. The number of carbonyl (C=O) groups is 1. The van der Waals surface area contributed by atoms with Gasteiger partial charge in [0.25, 0.3) is 0 Å². The smallest absolute Gasteiger partial charge is 0.310 e. The van der Waals surface area contributed by atoms with Crippen molar-refractivity contribution in [3.05, 3.63) is 71.3 Å². The van der Waals surface area contributed by atoms with Crippen LogP contribution in [0.3, 0.4) is 0 Å². The van der Waals surface area contributed by atoms with Crippen LogP contribution in [-0.4, -0.2) is 20.9 Å². The molecule has 0 spiro atoms. The highest BCUT2D eigenvalue weighted by atomic mass is 19.1. The number of nitrogens with one attached hydrogen (secondary N) is 1. The summed E-state index contributed by atoms with van der Waals surface area (Å²) >= 11 is 0. The van der Waals surface area contributed by atoms with E-state index in [2.05, 4.69) is 20.3 Å². The molecule has 0 fully saturated rings. The lowest BCUT2D eigenvalue weighted by atomic mass is 10.1. The maximum Gasteiger partial charge on any atom is 0.310 e. The number of halogens is 1. The molecule has 8 heteroatoms. The number of nitrogens with zero attached hydrogens (tertiary/aromatic N) is 3. The molecule has 0 atom stereocenters. The van der Waals surface area contributed by atoms with Gasteiger partial charge >= 0.3 is 5.97 Å². The van der Waals surface area contributed by atoms with Crippen molar-refractivity contribution in [3.8, 4) is 0 Å². The first-order chi connectivity index (χ1) is 13.0. The second kappa shape index (κ2) is 8.22. The summed E-state index contributed by atoms with van der Waals surface area (Å²) in [5, 5.41) is 3.02. The molecule has 0 unspecified atom stereocenters. The molecular formula is C19H18FN5O2. The van der Waals surface area contributed by atoms with Crippen LogP contribution in [0.25, 0.3) is 0 Å². The number of rotatable bonds is 6. The van der Waals surface area contributed by atoms with E-state index in [4.69, 9.17) is 10.5 Å². The molecule has 27 heavy (non-hydrogen) atoms. The molecule has 3 N–H and O–H groups in total. The number of aryl methyl sites for hydroxylation is 1. The second-order valence-corrected chi connectivity index (χ2v) is 5.85.